The zero-order valence-corrected chi connectivity index (χ0v) is 18.3. The minimum atomic E-state index is -2.95. The molecule has 7 nitrogen and oxygen atoms in total. The molecule has 3 atom stereocenters. The lowest BCUT2D eigenvalue weighted by Gasteiger charge is -2.47. The average molecular weight is 468 g/mol. The van der Waals surface area contributed by atoms with Crippen LogP contribution in [-0.2, 0) is 5.60 Å². The molecule has 3 aliphatic rings. The fraction of sp³-hybridized carbons (Fsp3) is 0.292. The lowest BCUT2D eigenvalue weighted by atomic mass is 10.0. The minimum Gasteiger partial charge on any atom is -0.428 e. The predicted molar refractivity (Wildman–Crippen MR) is 119 cm³/mol. The van der Waals surface area contributed by atoms with E-state index in [2.05, 4.69) is 15.3 Å². The first-order chi connectivity index (χ1) is 16.2. The number of aromatic nitrogens is 2. The van der Waals surface area contributed by atoms with Crippen LogP contribution in [-0.4, -0.2) is 40.4 Å². The third kappa shape index (κ3) is 3.02. The zero-order chi connectivity index (χ0) is 23.8. The molecule has 1 unspecified atom stereocenters. The fourth-order valence-corrected chi connectivity index (χ4v) is 5.09. The van der Waals surface area contributed by atoms with Crippen molar-refractivity contribution in [1.82, 2.24) is 14.5 Å². The number of benzene rings is 2. The molecule has 2 bridgehead atoms. The fourth-order valence-electron chi connectivity index (χ4n) is 5.09. The number of halogens is 3. The number of nitrogens with zero attached hydrogens (tertiary/aromatic N) is 4. The Balaban J connectivity index is 1.50. The van der Waals surface area contributed by atoms with Gasteiger partial charge in [-0.2, -0.15) is 8.78 Å². The number of nitrogens with one attached hydrogen (secondary N) is 1. The van der Waals surface area contributed by atoms with Crippen molar-refractivity contribution >= 4 is 17.6 Å². The van der Waals surface area contributed by atoms with Gasteiger partial charge in [0.15, 0.2) is 23.8 Å². The summed E-state index contributed by atoms with van der Waals surface area (Å²) in [6.45, 7) is 0.738. The largest absolute Gasteiger partial charge is 0.428 e. The van der Waals surface area contributed by atoms with E-state index in [1.807, 2.05) is 12.3 Å². The molecule has 6 rings (SSSR count). The van der Waals surface area contributed by atoms with E-state index in [4.69, 9.17) is 9.73 Å². The monoisotopic (exact) mass is 468 g/mol. The van der Waals surface area contributed by atoms with Crippen LogP contribution in [0.3, 0.4) is 0 Å². The maximum atomic E-state index is 15.1. The van der Waals surface area contributed by atoms with Crippen LogP contribution in [0.5, 0.6) is 5.75 Å². The van der Waals surface area contributed by atoms with E-state index in [0.717, 1.165) is 5.69 Å². The van der Waals surface area contributed by atoms with E-state index in [1.165, 1.54) is 24.5 Å². The third-order valence-electron chi connectivity index (χ3n) is 6.59. The van der Waals surface area contributed by atoms with Crippen LogP contribution in [0.15, 0.2) is 47.7 Å². The average Bonchev–Trinajstić information content (AvgIpc) is 2.86. The molecule has 0 aliphatic carbocycles. The number of anilines is 1. The Kier molecular flexibility index (Phi) is 4.34. The number of hydrogen-bond donors (Lipinski definition) is 2. The van der Waals surface area contributed by atoms with Crippen molar-refractivity contribution < 1.29 is 23.0 Å². The van der Waals surface area contributed by atoms with Gasteiger partial charge in [0.25, 0.3) is 0 Å². The number of quaternary nitrogens is 1. The Bertz CT molecular complexity index is 1440. The van der Waals surface area contributed by atoms with E-state index in [1.54, 1.807) is 26.0 Å². The number of alkyl halides is 2. The molecule has 10 heteroatoms. The highest BCUT2D eigenvalue weighted by Gasteiger charge is 2.62. The first-order valence-electron chi connectivity index (χ1n) is 10.8. The lowest BCUT2D eigenvalue weighted by molar-refractivity contribution is -0.0505. The molecule has 1 fully saturated rings. The molecule has 0 amide bonds. The molecule has 3 aromatic rings. The van der Waals surface area contributed by atoms with Crippen LogP contribution < -0.4 is 25.1 Å². The van der Waals surface area contributed by atoms with Crippen molar-refractivity contribution in [2.45, 2.75) is 38.3 Å². The summed E-state index contributed by atoms with van der Waals surface area (Å²) in [7, 11) is 0. The van der Waals surface area contributed by atoms with Crippen LogP contribution in [0.1, 0.15) is 19.7 Å². The van der Waals surface area contributed by atoms with Crippen molar-refractivity contribution in [3.63, 3.8) is 0 Å². The van der Waals surface area contributed by atoms with E-state index >= 15 is 4.39 Å². The van der Waals surface area contributed by atoms with Gasteiger partial charge in [0.1, 0.15) is 29.9 Å². The van der Waals surface area contributed by atoms with Crippen LogP contribution in [0.4, 0.5) is 24.5 Å². The number of para-hydroxylation sites is 1. The van der Waals surface area contributed by atoms with Gasteiger partial charge in [-0.1, -0.05) is 6.07 Å². The van der Waals surface area contributed by atoms with Gasteiger partial charge < -0.3 is 15.2 Å². The smallest absolute Gasteiger partial charge is 0.387 e. The van der Waals surface area contributed by atoms with Gasteiger partial charge in [-0.15, -0.1) is 0 Å². The molecular weight excluding hydrogens is 447 g/mol. The Labute approximate surface area is 192 Å². The molecule has 34 heavy (non-hydrogen) atoms. The Morgan fingerprint density at radius 3 is 2.68 bits per heavy atom. The molecule has 2 N–H and O–H groups in total. The second kappa shape index (κ2) is 7.00. The third-order valence-corrected chi connectivity index (χ3v) is 6.59. The van der Waals surface area contributed by atoms with E-state index < -0.39 is 18.0 Å². The van der Waals surface area contributed by atoms with Crippen molar-refractivity contribution in [3.05, 3.63) is 64.9 Å². The van der Waals surface area contributed by atoms with Gasteiger partial charge in [-0.25, -0.2) is 18.8 Å². The Morgan fingerprint density at radius 1 is 1.21 bits per heavy atom. The van der Waals surface area contributed by atoms with E-state index in [9.17, 15) is 13.9 Å². The first-order valence-corrected chi connectivity index (χ1v) is 10.8. The molecule has 1 spiro atoms. The van der Waals surface area contributed by atoms with Gasteiger partial charge in [0, 0.05) is 29.6 Å². The summed E-state index contributed by atoms with van der Waals surface area (Å²) < 4.78 is 46.4. The van der Waals surface area contributed by atoms with E-state index in [-0.39, 0.29) is 33.8 Å². The molecule has 4 heterocycles. The van der Waals surface area contributed by atoms with Crippen LogP contribution in [0, 0.1) is 5.82 Å². The highest BCUT2D eigenvalue weighted by atomic mass is 19.3. The zero-order valence-electron chi connectivity index (χ0n) is 18.3. The maximum Gasteiger partial charge on any atom is 0.387 e. The molecule has 3 aliphatic heterocycles. The number of aliphatic hydroxyl groups is 1. The van der Waals surface area contributed by atoms with Crippen molar-refractivity contribution in [2.75, 3.05) is 11.9 Å². The molecule has 1 saturated heterocycles. The number of fused-ring (bicyclic) bond motifs is 4. The number of hydrogen-bond acceptors (Lipinski definition) is 6. The highest BCUT2D eigenvalue weighted by molar-refractivity contribution is 5.85. The van der Waals surface area contributed by atoms with Gasteiger partial charge in [0.2, 0.25) is 5.69 Å². The summed E-state index contributed by atoms with van der Waals surface area (Å²) >= 11 is 0. The summed E-state index contributed by atoms with van der Waals surface area (Å²) in [5, 5.41) is 14.6. The summed E-state index contributed by atoms with van der Waals surface area (Å²) in [6.07, 6.45) is 4.68. The number of rotatable bonds is 4. The molecule has 2 aromatic carbocycles. The Morgan fingerprint density at radius 2 is 1.97 bits per heavy atom. The standard InChI is InChI=1S/C24H21F3N5O2/c1-24(2,33)22-28-8-13(9-29-22)14-6-12-10-32-11-18(30-17(12)7-15(14)25)21(32)31-16-4-3-5-19(20(16)32)34-23(26)27/h3-10,18,21,23,31,33H,11H2,1-2H3/q+1/t18-,21?,32+/m1/s1. The Hall–Kier alpha value is -3.50. The maximum absolute atomic E-state index is 15.1. The van der Waals surface area contributed by atoms with Gasteiger partial charge in [-0.3, -0.25) is 4.99 Å². The number of ether oxygens (including phenoxy) is 1. The highest BCUT2D eigenvalue weighted by Crippen LogP contribution is 2.54. The predicted octanol–water partition coefficient (Wildman–Crippen LogP) is 2.62. The van der Waals surface area contributed by atoms with Crippen LogP contribution in [0.25, 0.3) is 17.3 Å². The lowest BCUT2D eigenvalue weighted by Crippen LogP contribution is -2.71. The normalized spacial score (nSPS) is 24.0. The first kappa shape index (κ1) is 21.1. The second-order valence-electron chi connectivity index (χ2n) is 9.30. The van der Waals surface area contributed by atoms with Crippen molar-refractivity contribution in [3.8, 4) is 16.9 Å². The van der Waals surface area contributed by atoms with E-state index in [0.29, 0.717) is 28.4 Å². The molecule has 0 saturated carbocycles. The SMILES string of the molecule is CC(C)(O)c1ncc(-c2cc3c(cc2F)=N[C@@H]2C[N@@+]4(C=3)c3c(cccc3OC(F)F)NC24)cn1. The summed E-state index contributed by atoms with van der Waals surface area (Å²) in [6, 6.07) is 7.94. The second-order valence-corrected chi connectivity index (χ2v) is 9.30. The molecule has 1 aromatic heterocycles. The summed E-state index contributed by atoms with van der Waals surface area (Å²) in [4.78, 5) is 13.1. The minimum absolute atomic E-state index is 0.110. The van der Waals surface area contributed by atoms with Crippen molar-refractivity contribution in [2.24, 2.45) is 4.99 Å². The topological polar surface area (TPSA) is 79.6 Å². The summed E-state index contributed by atoms with van der Waals surface area (Å²) in [5.41, 5.74) is 0.859. The molecule has 0 radical (unpaired) electrons. The summed E-state index contributed by atoms with van der Waals surface area (Å²) in [5.74, 6) is -0.133. The van der Waals surface area contributed by atoms with Crippen molar-refractivity contribution in [1.29, 1.82) is 0 Å². The van der Waals surface area contributed by atoms with Gasteiger partial charge in [0.05, 0.1) is 10.6 Å². The quantitative estimate of drug-likeness (QED) is 0.576. The molecular formula is C24H21F3N5O2+. The van der Waals surface area contributed by atoms with Crippen LogP contribution in [0.2, 0.25) is 0 Å². The van der Waals surface area contributed by atoms with Gasteiger partial charge >= 0.3 is 6.61 Å². The van der Waals surface area contributed by atoms with Crippen LogP contribution >= 0.6 is 0 Å². The molecule has 174 valence electrons. The van der Waals surface area contributed by atoms with Gasteiger partial charge in [-0.05, 0) is 32.0 Å².